The predicted molar refractivity (Wildman–Crippen MR) is 147 cm³/mol. The molecular weight excluding hydrogens is 462 g/mol. The molecule has 0 saturated carbocycles. The molecule has 5 aromatic rings. The third-order valence-electron chi connectivity index (χ3n) is 7.21. The molecule has 1 aliphatic rings. The molecule has 0 bridgehead atoms. The summed E-state index contributed by atoms with van der Waals surface area (Å²) in [4.78, 5) is 15.4. The maximum absolute atomic E-state index is 6.30. The highest BCUT2D eigenvalue weighted by atomic mass is 16.5. The Morgan fingerprint density at radius 2 is 1.84 bits per heavy atom. The highest BCUT2D eigenvalue weighted by Crippen LogP contribution is 2.28. The van der Waals surface area contributed by atoms with Gasteiger partial charge < -0.3 is 19.9 Å². The SMILES string of the molecule is CC(C)c1cnn2c(NCc3ccccc3-c3cc4ccccc4[nH]3)nc(OC3CCN(C)CC3)nc12. The number of benzene rings is 2. The molecule has 8 nitrogen and oxygen atoms in total. The van der Waals surface area contributed by atoms with E-state index in [1.54, 1.807) is 4.52 Å². The number of nitrogens with zero attached hydrogens (tertiary/aromatic N) is 5. The Morgan fingerprint density at radius 1 is 1.05 bits per heavy atom. The molecule has 0 radical (unpaired) electrons. The summed E-state index contributed by atoms with van der Waals surface area (Å²) in [6.07, 6.45) is 3.96. The number of piperidine rings is 1. The fourth-order valence-corrected chi connectivity index (χ4v) is 5.03. The first kappa shape index (κ1) is 23.5. The zero-order valence-corrected chi connectivity index (χ0v) is 21.6. The van der Waals surface area contributed by atoms with Gasteiger partial charge in [0.2, 0.25) is 5.95 Å². The minimum absolute atomic E-state index is 0.125. The van der Waals surface area contributed by atoms with Crippen LogP contribution in [0.1, 0.15) is 43.7 Å². The normalized spacial score (nSPS) is 15.1. The van der Waals surface area contributed by atoms with Crippen molar-refractivity contribution in [3.8, 4) is 17.3 Å². The van der Waals surface area contributed by atoms with E-state index in [2.05, 4.69) is 95.8 Å². The van der Waals surface area contributed by atoms with Crippen LogP contribution in [0.25, 0.3) is 27.8 Å². The van der Waals surface area contributed by atoms with Gasteiger partial charge >= 0.3 is 6.01 Å². The van der Waals surface area contributed by atoms with Gasteiger partial charge in [0.15, 0.2) is 5.65 Å². The Bertz CT molecular complexity index is 1500. The molecule has 0 amide bonds. The predicted octanol–water partition coefficient (Wildman–Crippen LogP) is 5.48. The number of rotatable bonds is 7. The fraction of sp³-hybridized carbons (Fsp3) is 0.345. The highest BCUT2D eigenvalue weighted by molar-refractivity contribution is 5.86. The molecule has 0 aliphatic carbocycles. The smallest absolute Gasteiger partial charge is 0.322 e. The number of hydrogen-bond acceptors (Lipinski definition) is 6. The van der Waals surface area contributed by atoms with Crippen LogP contribution in [0, 0.1) is 0 Å². The molecule has 4 heterocycles. The summed E-state index contributed by atoms with van der Waals surface area (Å²) in [7, 11) is 2.15. The molecule has 2 N–H and O–H groups in total. The van der Waals surface area contributed by atoms with Crippen LogP contribution in [0.4, 0.5) is 5.95 Å². The molecule has 37 heavy (non-hydrogen) atoms. The van der Waals surface area contributed by atoms with Crippen LogP contribution in [0.15, 0.2) is 60.8 Å². The number of para-hydroxylation sites is 1. The van der Waals surface area contributed by atoms with E-state index in [-0.39, 0.29) is 6.10 Å². The zero-order valence-electron chi connectivity index (χ0n) is 21.6. The lowest BCUT2D eigenvalue weighted by Gasteiger charge is -2.28. The van der Waals surface area contributed by atoms with Crippen LogP contribution in [-0.4, -0.2) is 55.7 Å². The number of hydrogen-bond donors (Lipinski definition) is 2. The molecule has 190 valence electrons. The number of fused-ring (bicyclic) bond motifs is 2. The summed E-state index contributed by atoms with van der Waals surface area (Å²) < 4.78 is 8.09. The lowest BCUT2D eigenvalue weighted by Crippen LogP contribution is -2.36. The molecule has 2 aromatic carbocycles. The van der Waals surface area contributed by atoms with Crippen molar-refractivity contribution in [1.29, 1.82) is 0 Å². The summed E-state index contributed by atoms with van der Waals surface area (Å²) in [5.74, 6) is 0.922. The van der Waals surface area contributed by atoms with Crippen molar-refractivity contribution in [2.45, 2.75) is 45.3 Å². The van der Waals surface area contributed by atoms with Crippen molar-refractivity contribution in [1.82, 2.24) is 29.5 Å². The van der Waals surface area contributed by atoms with E-state index in [0.717, 1.165) is 59.5 Å². The minimum Gasteiger partial charge on any atom is -0.460 e. The summed E-state index contributed by atoms with van der Waals surface area (Å²) in [5, 5.41) is 9.35. The summed E-state index contributed by atoms with van der Waals surface area (Å²) in [6.45, 7) is 6.93. The number of aromatic nitrogens is 5. The quantitative estimate of drug-likeness (QED) is 0.311. The van der Waals surface area contributed by atoms with E-state index < -0.39 is 0 Å². The van der Waals surface area contributed by atoms with E-state index in [4.69, 9.17) is 14.7 Å². The summed E-state index contributed by atoms with van der Waals surface area (Å²) in [5.41, 5.74) is 6.42. The van der Waals surface area contributed by atoms with Crippen LogP contribution in [0.5, 0.6) is 6.01 Å². The van der Waals surface area contributed by atoms with Crippen molar-refractivity contribution in [2.75, 3.05) is 25.5 Å². The molecule has 0 unspecified atom stereocenters. The molecule has 1 saturated heterocycles. The lowest BCUT2D eigenvalue weighted by molar-refractivity contribution is 0.105. The van der Waals surface area contributed by atoms with Crippen LogP contribution in [0.3, 0.4) is 0 Å². The van der Waals surface area contributed by atoms with E-state index >= 15 is 0 Å². The van der Waals surface area contributed by atoms with Gasteiger partial charge in [-0.1, -0.05) is 56.3 Å². The second kappa shape index (κ2) is 9.86. The summed E-state index contributed by atoms with van der Waals surface area (Å²) >= 11 is 0. The van der Waals surface area contributed by atoms with Gasteiger partial charge in [-0.2, -0.15) is 19.6 Å². The van der Waals surface area contributed by atoms with Gasteiger partial charge in [0, 0.05) is 47.4 Å². The number of nitrogens with one attached hydrogen (secondary N) is 2. The number of anilines is 1. The average molecular weight is 496 g/mol. The Balaban J connectivity index is 1.31. The third-order valence-corrected chi connectivity index (χ3v) is 7.21. The molecule has 1 fully saturated rings. The maximum atomic E-state index is 6.30. The monoisotopic (exact) mass is 495 g/mol. The average Bonchev–Trinajstić information content (AvgIpc) is 3.53. The van der Waals surface area contributed by atoms with Crippen LogP contribution < -0.4 is 10.1 Å². The molecule has 6 rings (SSSR count). The Hall–Kier alpha value is -3.91. The van der Waals surface area contributed by atoms with Gasteiger partial charge in [-0.3, -0.25) is 0 Å². The minimum atomic E-state index is 0.125. The second-order valence-electron chi connectivity index (χ2n) is 10.2. The number of H-pyrrole nitrogens is 1. The largest absolute Gasteiger partial charge is 0.460 e. The Labute approximate surface area is 216 Å². The first-order chi connectivity index (χ1) is 18.0. The topological polar surface area (TPSA) is 83.4 Å². The van der Waals surface area contributed by atoms with Gasteiger partial charge in [-0.05, 0) is 43.5 Å². The van der Waals surface area contributed by atoms with Crippen LogP contribution in [-0.2, 0) is 6.54 Å². The van der Waals surface area contributed by atoms with Gasteiger partial charge in [-0.15, -0.1) is 0 Å². The molecule has 1 aliphatic heterocycles. The number of ether oxygens (including phenoxy) is 1. The first-order valence-electron chi connectivity index (χ1n) is 13.1. The molecule has 3 aromatic heterocycles. The standard InChI is InChI=1S/C29H33N7O/c1-19(2)24-18-31-36-27(24)33-29(37-22-12-14-35(3)15-13-22)34-28(36)30-17-21-9-4-6-10-23(21)26-16-20-8-5-7-11-25(20)32-26/h4-11,16,18-19,22,32H,12-15,17H2,1-3H3,(H,30,33,34). The first-order valence-corrected chi connectivity index (χ1v) is 13.1. The van der Waals surface area contributed by atoms with Crippen molar-refractivity contribution in [3.63, 3.8) is 0 Å². The van der Waals surface area contributed by atoms with Crippen molar-refractivity contribution in [2.24, 2.45) is 0 Å². The van der Waals surface area contributed by atoms with Gasteiger partial charge in [-0.25, -0.2) is 0 Å². The molecule has 0 atom stereocenters. The third kappa shape index (κ3) is 4.76. The van der Waals surface area contributed by atoms with Crippen LogP contribution >= 0.6 is 0 Å². The van der Waals surface area contributed by atoms with E-state index in [1.165, 1.54) is 5.39 Å². The molecule has 8 heteroatoms. The number of likely N-dealkylation sites (tertiary alicyclic amines) is 1. The van der Waals surface area contributed by atoms with E-state index in [1.807, 2.05) is 6.20 Å². The van der Waals surface area contributed by atoms with Gasteiger partial charge in [0.25, 0.3) is 0 Å². The van der Waals surface area contributed by atoms with Crippen molar-refractivity contribution in [3.05, 3.63) is 71.9 Å². The van der Waals surface area contributed by atoms with Crippen molar-refractivity contribution < 1.29 is 4.74 Å². The van der Waals surface area contributed by atoms with Crippen LogP contribution in [0.2, 0.25) is 0 Å². The highest BCUT2D eigenvalue weighted by Gasteiger charge is 2.22. The maximum Gasteiger partial charge on any atom is 0.322 e. The lowest BCUT2D eigenvalue weighted by atomic mass is 10.0. The van der Waals surface area contributed by atoms with Gasteiger partial charge in [0.1, 0.15) is 6.10 Å². The van der Waals surface area contributed by atoms with E-state index in [0.29, 0.717) is 24.4 Å². The molecule has 0 spiro atoms. The Morgan fingerprint density at radius 3 is 2.65 bits per heavy atom. The van der Waals surface area contributed by atoms with Crippen molar-refractivity contribution >= 4 is 22.5 Å². The summed E-state index contributed by atoms with van der Waals surface area (Å²) in [6, 6.07) is 19.4. The zero-order chi connectivity index (χ0) is 25.4. The number of aromatic amines is 1. The Kier molecular flexibility index (Phi) is 6.26. The van der Waals surface area contributed by atoms with E-state index in [9.17, 15) is 0 Å². The molecular formula is C29H33N7O. The van der Waals surface area contributed by atoms with Gasteiger partial charge in [0.05, 0.1) is 6.20 Å². The fourth-order valence-electron chi connectivity index (χ4n) is 5.03. The second-order valence-corrected chi connectivity index (χ2v) is 10.2.